The molecule has 0 bridgehead atoms. The van der Waals surface area contributed by atoms with Gasteiger partial charge < -0.3 is 4.98 Å². The van der Waals surface area contributed by atoms with Gasteiger partial charge in [0.25, 0.3) is 0 Å². The Kier molecular flexibility index (Phi) is 2.57. The van der Waals surface area contributed by atoms with Crippen LogP contribution in [0.3, 0.4) is 0 Å². The van der Waals surface area contributed by atoms with Gasteiger partial charge >= 0.3 is 0 Å². The molecule has 1 heterocycles. The molecule has 1 N–H and O–H groups in total. The van der Waals surface area contributed by atoms with Crippen molar-refractivity contribution in [1.29, 1.82) is 0 Å². The van der Waals surface area contributed by atoms with Crippen molar-refractivity contribution in [3.8, 4) is 0 Å². The molecule has 0 radical (unpaired) electrons. The Morgan fingerprint density at radius 1 is 0.944 bits per heavy atom. The number of carbonyl (C=O) groups is 1. The first-order chi connectivity index (χ1) is 8.90. The van der Waals surface area contributed by atoms with Crippen LogP contribution in [-0.4, -0.2) is 11.4 Å². The molecular weight excluding hydrogens is 224 g/mol. The molecule has 18 heavy (non-hydrogen) atoms. The number of benzene rings is 2. The van der Waals surface area contributed by atoms with Crippen LogP contribution in [0.15, 0.2) is 60.8 Å². The molecule has 0 aliphatic rings. The molecule has 0 unspecified atom stereocenters. The predicted molar refractivity (Wildman–Crippen MR) is 72.9 cm³/mol. The summed E-state index contributed by atoms with van der Waals surface area (Å²) in [5, 5.41) is 2.18. The fourth-order valence-corrected chi connectivity index (χ4v) is 2.13. The Morgan fingerprint density at radius 3 is 2.56 bits per heavy atom. The summed E-state index contributed by atoms with van der Waals surface area (Å²) in [5.74, 6) is 0.765. The number of nitrogens with zero attached hydrogens (tertiary/aromatic N) is 1. The van der Waals surface area contributed by atoms with Gasteiger partial charge in [-0.15, -0.1) is 0 Å². The van der Waals surface area contributed by atoms with Crippen molar-refractivity contribution in [2.24, 2.45) is 0 Å². The van der Waals surface area contributed by atoms with Gasteiger partial charge in [-0.1, -0.05) is 36.4 Å². The molecule has 0 atom stereocenters. The minimum absolute atomic E-state index is 0.765. The van der Waals surface area contributed by atoms with Crippen molar-refractivity contribution >= 4 is 28.7 Å². The molecule has 88 valence electrons. The van der Waals surface area contributed by atoms with E-state index in [0.29, 0.717) is 0 Å². The second-order valence-corrected chi connectivity index (χ2v) is 4.03. The van der Waals surface area contributed by atoms with Crippen LogP contribution < -0.4 is 4.90 Å². The lowest BCUT2D eigenvalue weighted by Gasteiger charge is -2.17. The van der Waals surface area contributed by atoms with Gasteiger partial charge in [0.05, 0.1) is 5.69 Å². The van der Waals surface area contributed by atoms with Gasteiger partial charge in [-0.05, 0) is 23.6 Å². The van der Waals surface area contributed by atoms with Crippen molar-refractivity contribution in [3.05, 3.63) is 60.8 Å². The highest BCUT2D eigenvalue weighted by Crippen LogP contribution is 2.30. The first kappa shape index (κ1) is 10.6. The Bertz CT molecular complexity index is 669. The summed E-state index contributed by atoms with van der Waals surface area (Å²) in [7, 11) is 0. The molecule has 3 aromatic rings. The van der Waals surface area contributed by atoms with Crippen LogP contribution in [0.4, 0.5) is 11.5 Å². The zero-order chi connectivity index (χ0) is 12.4. The lowest BCUT2D eigenvalue weighted by atomic mass is 10.1. The number of rotatable bonds is 3. The van der Waals surface area contributed by atoms with Crippen molar-refractivity contribution in [1.82, 2.24) is 4.98 Å². The van der Waals surface area contributed by atoms with E-state index in [0.717, 1.165) is 28.7 Å². The van der Waals surface area contributed by atoms with E-state index in [1.807, 2.05) is 54.6 Å². The highest BCUT2D eigenvalue weighted by molar-refractivity contribution is 6.01. The average molecular weight is 236 g/mol. The van der Waals surface area contributed by atoms with Crippen molar-refractivity contribution in [2.75, 3.05) is 4.90 Å². The summed E-state index contributed by atoms with van der Waals surface area (Å²) < 4.78 is 0. The molecule has 2 aromatic carbocycles. The second kappa shape index (κ2) is 4.37. The van der Waals surface area contributed by atoms with E-state index in [-0.39, 0.29) is 0 Å². The van der Waals surface area contributed by atoms with Gasteiger partial charge in [0.1, 0.15) is 5.82 Å². The Hall–Kier alpha value is -2.55. The fourth-order valence-electron chi connectivity index (χ4n) is 2.13. The monoisotopic (exact) mass is 236 g/mol. The number of hydrogen-bond donors (Lipinski definition) is 1. The lowest BCUT2D eigenvalue weighted by Crippen LogP contribution is -2.14. The van der Waals surface area contributed by atoms with Crippen LogP contribution in [0, 0.1) is 0 Å². The number of nitrogens with one attached hydrogen (secondary N) is 1. The number of carbonyl (C=O) groups excluding carboxylic acids is 1. The zero-order valence-corrected chi connectivity index (χ0v) is 9.71. The minimum atomic E-state index is 0.765. The van der Waals surface area contributed by atoms with Crippen molar-refractivity contribution in [2.45, 2.75) is 0 Å². The third-order valence-corrected chi connectivity index (χ3v) is 2.97. The minimum Gasteiger partial charge on any atom is -0.348 e. The molecule has 0 aliphatic carbocycles. The van der Waals surface area contributed by atoms with E-state index in [1.54, 1.807) is 11.1 Å². The van der Waals surface area contributed by atoms with Crippen LogP contribution in [0.5, 0.6) is 0 Å². The van der Waals surface area contributed by atoms with E-state index in [4.69, 9.17) is 0 Å². The molecular formula is C15H12N2O. The number of aromatic amines is 1. The SMILES string of the molecule is O=CN(c1ccc[nH]1)c1cccc2ccccc12. The molecule has 0 fully saturated rings. The van der Waals surface area contributed by atoms with E-state index in [1.165, 1.54) is 0 Å². The van der Waals surface area contributed by atoms with Gasteiger partial charge in [0.2, 0.25) is 6.41 Å². The summed E-state index contributed by atoms with van der Waals surface area (Å²) >= 11 is 0. The number of H-pyrrole nitrogens is 1. The van der Waals surface area contributed by atoms with Crippen molar-refractivity contribution in [3.63, 3.8) is 0 Å². The number of amides is 1. The normalized spacial score (nSPS) is 10.4. The standard InChI is InChI=1S/C15H12N2O/c18-11-17(15-9-4-10-16-15)14-8-3-6-12-5-1-2-7-13(12)14/h1-11,16H. The first-order valence-electron chi connectivity index (χ1n) is 5.76. The van der Waals surface area contributed by atoms with Crippen LogP contribution in [0.25, 0.3) is 10.8 Å². The van der Waals surface area contributed by atoms with Gasteiger partial charge in [-0.3, -0.25) is 9.69 Å². The topological polar surface area (TPSA) is 36.1 Å². The number of aromatic nitrogens is 1. The Balaban J connectivity index is 2.21. The largest absolute Gasteiger partial charge is 0.348 e. The number of fused-ring (bicyclic) bond motifs is 1. The zero-order valence-electron chi connectivity index (χ0n) is 9.71. The van der Waals surface area contributed by atoms with E-state index >= 15 is 0 Å². The average Bonchev–Trinajstić information content (AvgIpc) is 2.94. The number of hydrogen-bond acceptors (Lipinski definition) is 1. The molecule has 0 saturated heterocycles. The van der Waals surface area contributed by atoms with Gasteiger partial charge in [-0.2, -0.15) is 0 Å². The van der Waals surface area contributed by atoms with E-state index in [2.05, 4.69) is 4.98 Å². The molecule has 1 amide bonds. The second-order valence-electron chi connectivity index (χ2n) is 4.03. The Morgan fingerprint density at radius 2 is 1.78 bits per heavy atom. The summed E-state index contributed by atoms with van der Waals surface area (Å²) in [6.45, 7) is 0. The molecule has 0 aliphatic heterocycles. The number of anilines is 2. The molecule has 0 saturated carbocycles. The molecule has 3 heteroatoms. The molecule has 3 rings (SSSR count). The predicted octanol–water partition coefficient (Wildman–Crippen LogP) is 3.46. The van der Waals surface area contributed by atoms with Crippen LogP contribution in [0.2, 0.25) is 0 Å². The van der Waals surface area contributed by atoms with Crippen LogP contribution in [0.1, 0.15) is 0 Å². The highest BCUT2D eigenvalue weighted by atomic mass is 16.1. The van der Waals surface area contributed by atoms with Gasteiger partial charge in [0, 0.05) is 11.6 Å². The maximum atomic E-state index is 11.4. The smallest absolute Gasteiger partial charge is 0.219 e. The van der Waals surface area contributed by atoms with Gasteiger partial charge in [0.15, 0.2) is 0 Å². The summed E-state index contributed by atoms with van der Waals surface area (Å²) in [6, 6.07) is 17.7. The Labute approximate surface area is 105 Å². The third-order valence-electron chi connectivity index (χ3n) is 2.97. The van der Waals surface area contributed by atoms with E-state index in [9.17, 15) is 4.79 Å². The first-order valence-corrected chi connectivity index (χ1v) is 5.76. The fraction of sp³-hybridized carbons (Fsp3) is 0. The van der Waals surface area contributed by atoms with Crippen LogP contribution in [-0.2, 0) is 4.79 Å². The molecule has 3 nitrogen and oxygen atoms in total. The maximum Gasteiger partial charge on any atom is 0.219 e. The summed E-state index contributed by atoms with van der Waals surface area (Å²) in [4.78, 5) is 16.0. The molecule has 1 aromatic heterocycles. The maximum absolute atomic E-state index is 11.4. The van der Waals surface area contributed by atoms with Gasteiger partial charge in [-0.25, -0.2) is 0 Å². The van der Waals surface area contributed by atoms with Crippen LogP contribution >= 0.6 is 0 Å². The molecule has 0 spiro atoms. The third kappa shape index (κ3) is 1.66. The van der Waals surface area contributed by atoms with E-state index < -0.39 is 0 Å². The summed E-state index contributed by atoms with van der Waals surface area (Å²) in [5.41, 5.74) is 0.880. The summed E-state index contributed by atoms with van der Waals surface area (Å²) in [6.07, 6.45) is 2.63. The van der Waals surface area contributed by atoms with Crippen molar-refractivity contribution < 1.29 is 4.79 Å². The highest BCUT2D eigenvalue weighted by Gasteiger charge is 2.11. The lowest BCUT2D eigenvalue weighted by molar-refractivity contribution is -0.106. The quantitative estimate of drug-likeness (QED) is 0.694.